The first kappa shape index (κ1) is 19.6. The second-order valence-corrected chi connectivity index (χ2v) is 9.22. The normalized spacial score (nSPS) is 22.2. The summed E-state index contributed by atoms with van der Waals surface area (Å²) >= 11 is 1.80. The van der Waals surface area contributed by atoms with Crippen molar-refractivity contribution in [3.8, 4) is 11.1 Å². The van der Waals surface area contributed by atoms with E-state index in [1.54, 1.807) is 29.8 Å². The van der Waals surface area contributed by atoms with Crippen molar-refractivity contribution >= 4 is 29.2 Å². The Morgan fingerprint density at radius 3 is 2.55 bits per heavy atom. The van der Waals surface area contributed by atoms with Crippen LogP contribution in [0.5, 0.6) is 0 Å². The van der Waals surface area contributed by atoms with Crippen LogP contribution in [0.25, 0.3) is 16.0 Å². The maximum Gasteiger partial charge on any atom is 0.260 e. The van der Waals surface area contributed by atoms with E-state index < -0.39 is 5.54 Å². The number of carbonyl (C=O) groups excluding carboxylic acids is 1. The van der Waals surface area contributed by atoms with Gasteiger partial charge in [-0.05, 0) is 41.8 Å². The lowest BCUT2D eigenvalue weighted by atomic mass is 9.82. The fraction of sp³-hybridized carbons (Fsp3) is 0.192. The quantitative estimate of drug-likeness (QED) is 0.458. The maximum atomic E-state index is 13.5. The second kappa shape index (κ2) is 7.40. The summed E-state index contributed by atoms with van der Waals surface area (Å²) in [6, 6.07) is 24.2. The molecule has 1 amide bonds. The van der Waals surface area contributed by atoms with Crippen molar-refractivity contribution in [3.63, 3.8) is 0 Å². The molecule has 0 saturated carbocycles. The maximum absolute atomic E-state index is 13.5. The Bertz CT molecular complexity index is 1260. The largest absolute Gasteiger partial charge is 0.302 e. The highest BCUT2D eigenvalue weighted by Gasteiger charge is 2.52. The summed E-state index contributed by atoms with van der Waals surface area (Å²) in [4.78, 5) is 24.8. The van der Waals surface area contributed by atoms with Gasteiger partial charge in [0.25, 0.3) is 5.91 Å². The number of likely N-dealkylation sites (N-methyl/N-ethyl adjacent to an activating group) is 1. The molecule has 3 aromatic rings. The molecular formula is C26H21N3OS. The molecule has 1 spiro atoms. The van der Waals surface area contributed by atoms with Crippen LogP contribution in [0.2, 0.25) is 0 Å². The Hall–Kier alpha value is -3.36. The first-order valence-electron chi connectivity index (χ1n) is 10.2. The molecule has 3 aromatic carbocycles. The molecule has 0 radical (unpaired) electrons. The SMILES string of the molecule is [C-]#[N+]c1cccc(-c2ccc3c(c2)C2(CC(c4ccccc4)S3)N=C(C)N(C)C2=O)c1. The number of rotatable bonds is 2. The standard InChI is InChI=1S/C26H21N3OS/c1-17-28-26(25(30)29(17)3)16-24(18-8-5-4-6-9-18)31-23-13-12-20(15-22(23)26)19-10-7-11-21(14-19)27-2/h4-15,24H,16H2,1,3H3. The molecule has 2 atom stereocenters. The van der Waals surface area contributed by atoms with Crippen LogP contribution in [0, 0.1) is 6.57 Å². The lowest BCUT2D eigenvalue weighted by molar-refractivity contribution is -0.131. The fourth-order valence-electron chi connectivity index (χ4n) is 4.45. The van der Waals surface area contributed by atoms with E-state index in [0.29, 0.717) is 12.1 Å². The van der Waals surface area contributed by atoms with Crippen LogP contribution in [-0.4, -0.2) is 23.7 Å². The van der Waals surface area contributed by atoms with Crippen molar-refractivity contribution in [2.45, 2.75) is 29.0 Å². The van der Waals surface area contributed by atoms with Crippen LogP contribution in [0.3, 0.4) is 0 Å². The van der Waals surface area contributed by atoms with Gasteiger partial charge in [-0.2, -0.15) is 0 Å². The van der Waals surface area contributed by atoms with Gasteiger partial charge >= 0.3 is 0 Å². The summed E-state index contributed by atoms with van der Waals surface area (Å²) in [6.07, 6.45) is 0.626. The smallest absolute Gasteiger partial charge is 0.260 e. The summed E-state index contributed by atoms with van der Waals surface area (Å²) in [7, 11) is 1.80. The molecule has 2 aliphatic heterocycles. The molecule has 5 rings (SSSR count). The predicted octanol–water partition coefficient (Wildman–Crippen LogP) is 6.23. The molecule has 152 valence electrons. The Morgan fingerprint density at radius 1 is 1.06 bits per heavy atom. The number of carbonyl (C=O) groups is 1. The minimum absolute atomic E-state index is 0.0274. The van der Waals surface area contributed by atoms with Crippen LogP contribution >= 0.6 is 11.8 Å². The molecule has 2 unspecified atom stereocenters. The number of thioether (sulfide) groups is 1. The zero-order valence-electron chi connectivity index (χ0n) is 17.4. The van der Waals surface area contributed by atoms with Crippen molar-refractivity contribution in [1.82, 2.24) is 4.90 Å². The number of amides is 1. The van der Waals surface area contributed by atoms with Crippen molar-refractivity contribution in [2.24, 2.45) is 4.99 Å². The van der Waals surface area contributed by atoms with Crippen LogP contribution in [0.4, 0.5) is 5.69 Å². The molecule has 0 N–H and O–H groups in total. The zero-order valence-corrected chi connectivity index (χ0v) is 18.2. The number of nitrogens with zero attached hydrogens (tertiary/aromatic N) is 3. The van der Waals surface area contributed by atoms with E-state index in [-0.39, 0.29) is 11.2 Å². The molecule has 2 heterocycles. The van der Waals surface area contributed by atoms with Gasteiger partial charge in [-0.1, -0.05) is 54.6 Å². The second-order valence-electron chi connectivity index (χ2n) is 7.98. The number of fused-ring (bicyclic) bond motifs is 2. The van der Waals surface area contributed by atoms with E-state index in [0.717, 1.165) is 27.4 Å². The fourth-order valence-corrected chi connectivity index (χ4v) is 5.87. The Morgan fingerprint density at radius 2 is 1.84 bits per heavy atom. The van der Waals surface area contributed by atoms with Crippen molar-refractivity contribution < 1.29 is 4.79 Å². The summed E-state index contributed by atoms with van der Waals surface area (Å²) in [5, 5.41) is 0.150. The molecular weight excluding hydrogens is 402 g/mol. The van der Waals surface area contributed by atoms with Gasteiger partial charge < -0.3 is 4.90 Å². The summed E-state index contributed by atoms with van der Waals surface area (Å²) in [5.41, 5.74) is 3.84. The number of benzene rings is 3. The first-order valence-corrected chi connectivity index (χ1v) is 11.1. The van der Waals surface area contributed by atoms with Crippen molar-refractivity contribution in [2.75, 3.05) is 7.05 Å². The molecule has 2 aliphatic rings. The molecule has 5 heteroatoms. The minimum Gasteiger partial charge on any atom is -0.302 e. The van der Waals surface area contributed by atoms with E-state index >= 15 is 0 Å². The number of hydrogen-bond acceptors (Lipinski definition) is 3. The Balaban J connectivity index is 1.68. The lowest BCUT2D eigenvalue weighted by Gasteiger charge is -2.36. The molecule has 0 aromatic heterocycles. The highest BCUT2D eigenvalue weighted by molar-refractivity contribution is 7.99. The first-order chi connectivity index (χ1) is 15.0. The molecule has 4 nitrogen and oxygen atoms in total. The highest BCUT2D eigenvalue weighted by Crippen LogP contribution is 2.55. The van der Waals surface area contributed by atoms with Crippen LogP contribution in [0.15, 0.2) is 82.7 Å². The Labute approximate surface area is 186 Å². The van der Waals surface area contributed by atoms with Crippen LogP contribution < -0.4 is 0 Å². The van der Waals surface area contributed by atoms with E-state index in [2.05, 4.69) is 35.2 Å². The van der Waals surface area contributed by atoms with E-state index in [9.17, 15) is 4.79 Å². The van der Waals surface area contributed by atoms with Gasteiger partial charge in [-0.3, -0.25) is 9.79 Å². The molecule has 0 saturated heterocycles. The minimum atomic E-state index is -0.909. The predicted molar refractivity (Wildman–Crippen MR) is 125 cm³/mol. The van der Waals surface area contributed by atoms with Gasteiger partial charge in [-0.15, -0.1) is 11.8 Å². The summed E-state index contributed by atoms with van der Waals surface area (Å²) in [5.74, 6) is 0.773. The van der Waals surface area contributed by atoms with E-state index in [1.165, 1.54) is 5.56 Å². The topological polar surface area (TPSA) is 37.0 Å². The van der Waals surface area contributed by atoms with E-state index in [1.807, 2.05) is 43.3 Å². The average Bonchev–Trinajstić information content (AvgIpc) is 3.03. The third-order valence-electron chi connectivity index (χ3n) is 6.15. The number of amidine groups is 1. The van der Waals surface area contributed by atoms with Gasteiger partial charge in [0.1, 0.15) is 5.84 Å². The molecule has 0 aliphatic carbocycles. The zero-order chi connectivity index (χ0) is 21.6. The molecule has 31 heavy (non-hydrogen) atoms. The third kappa shape index (κ3) is 3.15. The molecule has 0 fully saturated rings. The van der Waals surface area contributed by atoms with Gasteiger partial charge in [-0.25, -0.2) is 4.85 Å². The van der Waals surface area contributed by atoms with Crippen molar-refractivity contribution in [1.29, 1.82) is 0 Å². The van der Waals surface area contributed by atoms with Gasteiger partial charge in [0.05, 0.1) is 6.57 Å². The summed E-state index contributed by atoms with van der Waals surface area (Å²) in [6.45, 7) is 9.21. The van der Waals surface area contributed by atoms with Gasteiger partial charge in [0, 0.05) is 29.2 Å². The number of hydrogen-bond donors (Lipinski definition) is 0. The average molecular weight is 424 g/mol. The molecule has 0 bridgehead atoms. The van der Waals surface area contributed by atoms with Crippen LogP contribution in [0.1, 0.15) is 29.7 Å². The third-order valence-corrected chi connectivity index (χ3v) is 7.48. The van der Waals surface area contributed by atoms with Crippen LogP contribution in [-0.2, 0) is 10.3 Å². The van der Waals surface area contributed by atoms with E-state index in [4.69, 9.17) is 11.6 Å². The number of aliphatic imine (C=N–C) groups is 1. The van der Waals surface area contributed by atoms with Gasteiger partial charge in [0.15, 0.2) is 11.2 Å². The van der Waals surface area contributed by atoms with Crippen molar-refractivity contribution in [3.05, 3.63) is 95.3 Å². The lowest BCUT2D eigenvalue weighted by Crippen LogP contribution is -2.41. The summed E-state index contributed by atoms with van der Waals surface area (Å²) < 4.78 is 0. The monoisotopic (exact) mass is 423 g/mol. The highest BCUT2D eigenvalue weighted by atomic mass is 32.2. The van der Waals surface area contributed by atoms with Gasteiger partial charge in [0.2, 0.25) is 0 Å². The Kier molecular flexibility index (Phi) is 4.68.